The fraction of sp³-hybridized carbons (Fsp3) is 0.850. The molecular formula is C20H38NaO5S. The minimum absolute atomic E-state index is 0. The van der Waals surface area contributed by atoms with Crippen LogP contribution in [0.2, 0.25) is 0 Å². The largest absolute Gasteiger partial charge is 0.395 e. The van der Waals surface area contributed by atoms with Crippen LogP contribution in [0.4, 0.5) is 0 Å². The third-order valence-corrected chi connectivity index (χ3v) is 5.33. The predicted molar refractivity (Wildman–Crippen MR) is 112 cm³/mol. The molecule has 0 aliphatic rings. The van der Waals surface area contributed by atoms with E-state index in [0.717, 1.165) is 32.1 Å². The van der Waals surface area contributed by atoms with E-state index < -0.39 is 28.4 Å². The molecule has 0 spiro atoms. The molecule has 0 aromatic heterocycles. The van der Waals surface area contributed by atoms with Crippen molar-refractivity contribution in [3.05, 3.63) is 12.2 Å². The summed E-state index contributed by atoms with van der Waals surface area (Å²) >= 11 is 0. The molecule has 0 rings (SSSR count). The molecule has 0 unspecified atom stereocenters. The minimum Gasteiger partial charge on any atom is -0.395 e. The third kappa shape index (κ3) is 22.3. The minimum atomic E-state index is -3.91. The van der Waals surface area contributed by atoms with Crippen molar-refractivity contribution in [2.45, 2.75) is 96.8 Å². The quantitative estimate of drug-likeness (QED) is 0.155. The Labute approximate surface area is 188 Å². The van der Waals surface area contributed by atoms with Crippen molar-refractivity contribution in [2.75, 3.05) is 12.4 Å². The first kappa shape index (κ1) is 29.3. The van der Waals surface area contributed by atoms with E-state index in [9.17, 15) is 13.2 Å². The molecule has 0 aromatic rings. The van der Waals surface area contributed by atoms with Crippen LogP contribution in [-0.2, 0) is 19.1 Å². The zero-order valence-electron chi connectivity index (χ0n) is 17.5. The SMILES string of the molecule is CCCCCCCC/C=C\CCCCCCCC(=O)OS(=O)(=O)CCO.[Na]. The second-order valence-corrected chi connectivity index (χ2v) is 8.47. The molecule has 7 heteroatoms. The Kier molecular flexibility index (Phi) is 22.6. The van der Waals surface area contributed by atoms with Crippen LogP contribution in [0.15, 0.2) is 12.2 Å². The van der Waals surface area contributed by atoms with Crippen molar-refractivity contribution >= 4 is 45.6 Å². The van der Waals surface area contributed by atoms with Crippen LogP contribution >= 0.6 is 0 Å². The zero-order chi connectivity index (χ0) is 19.5. The van der Waals surface area contributed by atoms with E-state index in [1.807, 2.05) is 0 Å². The molecular weight excluding hydrogens is 375 g/mol. The number of carbonyl (C=O) groups excluding carboxylic acids is 1. The van der Waals surface area contributed by atoms with Crippen molar-refractivity contribution in [1.29, 1.82) is 0 Å². The van der Waals surface area contributed by atoms with Crippen LogP contribution in [0.3, 0.4) is 0 Å². The normalized spacial score (nSPS) is 11.5. The third-order valence-electron chi connectivity index (χ3n) is 4.20. The maximum absolute atomic E-state index is 11.4. The summed E-state index contributed by atoms with van der Waals surface area (Å²) < 4.78 is 26.7. The van der Waals surface area contributed by atoms with Gasteiger partial charge < -0.3 is 9.29 Å². The van der Waals surface area contributed by atoms with Gasteiger partial charge in [0.2, 0.25) is 0 Å². The standard InChI is InChI=1S/C20H38O5S.Na/c1-2-3-4-5-6-7-8-9-10-11-12-13-14-15-16-17-20(22)25-26(23,24)19-18-21;/h9-10,21H,2-8,11-19H2,1H3;/b10-9-;. The summed E-state index contributed by atoms with van der Waals surface area (Å²) in [5, 5.41) is 8.56. The first-order valence-electron chi connectivity index (χ1n) is 10.2. The van der Waals surface area contributed by atoms with Gasteiger partial charge in [-0.25, -0.2) is 0 Å². The summed E-state index contributed by atoms with van der Waals surface area (Å²) in [7, 11) is -3.91. The van der Waals surface area contributed by atoms with E-state index in [0.29, 0.717) is 6.42 Å². The number of carbonyl (C=O) groups is 1. The number of allylic oxidation sites excluding steroid dienone is 2. The number of aliphatic hydroxyl groups is 1. The summed E-state index contributed by atoms with van der Waals surface area (Å²) in [6.07, 6.45) is 19.9. The van der Waals surface area contributed by atoms with Crippen LogP contribution in [0, 0.1) is 0 Å². The summed E-state index contributed by atoms with van der Waals surface area (Å²) in [5.41, 5.74) is 0. The molecule has 155 valence electrons. The number of aliphatic hydroxyl groups excluding tert-OH is 1. The van der Waals surface area contributed by atoms with E-state index in [-0.39, 0.29) is 36.0 Å². The Balaban J connectivity index is 0. The Hall–Kier alpha value is 0.120. The van der Waals surface area contributed by atoms with Crippen LogP contribution in [0.1, 0.15) is 96.8 Å². The van der Waals surface area contributed by atoms with Gasteiger partial charge in [-0.2, -0.15) is 8.42 Å². The topological polar surface area (TPSA) is 80.7 Å². The first-order chi connectivity index (χ1) is 12.5. The molecule has 27 heavy (non-hydrogen) atoms. The van der Waals surface area contributed by atoms with Crippen molar-refractivity contribution in [3.8, 4) is 0 Å². The van der Waals surface area contributed by atoms with Crippen LogP contribution in [0.5, 0.6) is 0 Å². The first-order valence-corrected chi connectivity index (χ1v) is 11.8. The van der Waals surface area contributed by atoms with Crippen LogP contribution in [-0.4, -0.2) is 61.4 Å². The molecule has 0 saturated carbocycles. The van der Waals surface area contributed by atoms with E-state index in [4.69, 9.17) is 5.11 Å². The van der Waals surface area contributed by atoms with Gasteiger partial charge in [-0.3, -0.25) is 4.79 Å². The summed E-state index contributed by atoms with van der Waals surface area (Å²) in [4.78, 5) is 11.4. The number of unbranched alkanes of at least 4 members (excludes halogenated alkanes) is 11. The van der Waals surface area contributed by atoms with Gasteiger partial charge in [0.05, 0.1) is 6.61 Å². The van der Waals surface area contributed by atoms with Gasteiger partial charge in [0, 0.05) is 36.0 Å². The van der Waals surface area contributed by atoms with Crippen molar-refractivity contribution < 1.29 is 22.5 Å². The maximum Gasteiger partial charge on any atom is 0.322 e. The molecule has 0 fully saturated rings. The van der Waals surface area contributed by atoms with Gasteiger partial charge in [-0.05, 0) is 32.1 Å². The molecule has 0 aliphatic heterocycles. The molecule has 0 atom stereocenters. The van der Waals surface area contributed by atoms with Gasteiger partial charge in [0.25, 0.3) is 0 Å². The average molecular weight is 414 g/mol. The zero-order valence-corrected chi connectivity index (χ0v) is 20.3. The molecule has 0 aliphatic carbocycles. The number of rotatable bonds is 18. The smallest absolute Gasteiger partial charge is 0.322 e. The number of hydrogen-bond donors (Lipinski definition) is 1. The second-order valence-electron chi connectivity index (χ2n) is 6.78. The van der Waals surface area contributed by atoms with Gasteiger partial charge >= 0.3 is 16.1 Å². The summed E-state index contributed by atoms with van der Waals surface area (Å²) in [5.74, 6) is -1.26. The predicted octanol–water partition coefficient (Wildman–Crippen LogP) is 4.51. The molecule has 0 aromatic carbocycles. The fourth-order valence-electron chi connectivity index (χ4n) is 2.68. The second kappa shape index (κ2) is 20.8. The molecule has 0 saturated heterocycles. The van der Waals surface area contributed by atoms with E-state index in [1.54, 1.807) is 0 Å². The van der Waals surface area contributed by atoms with E-state index >= 15 is 0 Å². The van der Waals surface area contributed by atoms with Gasteiger partial charge in [0.1, 0.15) is 5.75 Å². The van der Waals surface area contributed by atoms with E-state index in [1.165, 1.54) is 44.9 Å². The van der Waals surface area contributed by atoms with Crippen molar-refractivity contribution in [2.24, 2.45) is 0 Å². The molecule has 1 N–H and O–H groups in total. The fourth-order valence-corrected chi connectivity index (χ4v) is 3.35. The Morgan fingerprint density at radius 2 is 1.33 bits per heavy atom. The van der Waals surface area contributed by atoms with Crippen molar-refractivity contribution in [1.82, 2.24) is 0 Å². The van der Waals surface area contributed by atoms with Crippen molar-refractivity contribution in [3.63, 3.8) is 0 Å². The maximum atomic E-state index is 11.4. The Morgan fingerprint density at radius 3 is 1.85 bits per heavy atom. The average Bonchev–Trinajstić information content (AvgIpc) is 2.57. The Morgan fingerprint density at radius 1 is 0.852 bits per heavy atom. The number of hydrogen-bond acceptors (Lipinski definition) is 5. The molecule has 0 heterocycles. The van der Waals surface area contributed by atoms with Gasteiger partial charge in [-0.15, -0.1) is 0 Å². The monoisotopic (exact) mass is 413 g/mol. The van der Waals surface area contributed by atoms with E-state index in [2.05, 4.69) is 23.3 Å². The Bertz CT molecular complexity index is 463. The molecule has 5 nitrogen and oxygen atoms in total. The summed E-state index contributed by atoms with van der Waals surface area (Å²) in [6.45, 7) is 1.70. The van der Waals surface area contributed by atoms with Crippen LogP contribution < -0.4 is 0 Å². The molecule has 1 radical (unpaired) electrons. The molecule has 0 bridgehead atoms. The van der Waals surface area contributed by atoms with Gasteiger partial charge in [-0.1, -0.05) is 70.4 Å². The molecule has 0 amide bonds. The van der Waals surface area contributed by atoms with Crippen LogP contribution in [0.25, 0.3) is 0 Å². The van der Waals surface area contributed by atoms with Gasteiger partial charge in [0.15, 0.2) is 0 Å². The summed E-state index contributed by atoms with van der Waals surface area (Å²) in [6, 6.07) is 0.